The lowest BCUT2D eigenvalue weighted by Gasteiger charge is -2.08. The Morgan fingerprint density at radius 3 is 2.58 bits per heavy atom. The highest BCUT2D eigenvalue weighted by Gasteiger charge is 2.10. The van der Waals surface area contributed by atoms with Crippen molar-refractivity contribution in [3.63, 3.8) is 0 Å². The lowest BCUT2D eigenvalue weighted by molar-refractivity contribution is 0.0728. The third-order valence-electron chi connectivity index (χ3n) is 3.06. The summed E-state index contributed by atoms with van der Waals surface area (Å²) >= 11 is 0. The maximum atomic E-state index is 12.0. The molecule has 0 fully saturated rings. The van der Waals surface area contributed by atoms with Crippen molar-refractivity contribution in [1.82, 2.24) is 19.9 Å². The van der Waals surface area contributed by atoms with Gasteiger partial charge in [-0.2, -0.15) is 0 Å². The molecule has 2 heterocycles. The third kappa shape index (κ3) is 3.89. The first-order valence-electron chi connectivity index (χ1n) is 7.28. The number of hydrogen-bond donors (Lipinski definition) is 1. The second-order valence-corrected chi connectivity index (χ2v) is 5.11. The van der Waals surface area contributed by atoms with Crippen LogP contribution in [0.4, 0.5) is 11.6 Å². The van der Waals surface area contributed by atoms with Gasteiger partial charge < -0.3 is 10.1 Å². The molecule has 0 aliphatic heterocycles. The average Bonchev–Trinajstić information content (AvgIpc) is 2.55. The molecule has 7 nitrogen and oxygen atoms in total. The topological polar surface area (TPSA) is 89.9 Å². The minimum Gasteiger partial charge on any atom is -0.422 e. The van der Waals surface area contributed by atoms with Crippen LogP contribution in [0.5, 0.6) is 5.75 Å². The first-order chi connectivity index (χ1) is 11.6. The van der Waals surface area contributed by atoms with Crippen LogP contribution >= 0.6 is 0 Å². The Hall–Kier alpha value is -3.35. The van der Waals surface area contributed by atoms with Gasteiger partial charge in [-0.25, -0.2) is 19.7 Å². The van der Waals surface area contributed by atoms with Crippen LogP contribution in [-0.4, -0.2) is 25.9 Å². The van der Waals surface area contributed by atoms with Gasteiger partial charge in [0.05, 0.1) is 6.20 Å². The van der Waals surface area contributed by atoms with E-state index in [1.54, 1.807) is 18.2 Å². The van der Waals surface area contributed by atoms with Crippen LogP contribution in [0, 0.1) is 13.8 Å². The number of benzene rings is 1. The van der Waals surface area contributed by atoms with Crippen molar-refractivity contribution in [1.29, 1.82) is 0 Å². The van der Waals surface area contributed by atoms with Crippen LogP contribution in [-0.2, 0) is 0 Å². The maximum Gasteiger partial charge on any atom is 0.363 e. The second-order valence-electron chi connectivity index (χ2n) is 5.11. The highest BCUT2D eigenvalue weighted by atomic mass is 16.5. The minimum atomic E-state index is -0.567. The van der Waals surface area contributed by atoms with Gasteiger partial charge in [-0.05, 0) is 32.0 Å². The molecule has 1 N–H and O–H groups in total. The fourth-order valence-electron chi connectivity index (χ4n) is 2.11. The predicted molar refractivity (Wildman–Crippen MR) is 88.2 cm³/mol. The van der Waals surface area contributed by atoms with Gasteiger partial charge in [0, 0.05) is 35.5 Å². The summed E-state index contributed by atoms with van der Waals surface area (Å²) in [6.45, 7) is 3.80. The number of rotatable bonds is 4. The van der Waals surface area contributed by atoms with Crippen molar-refractivity contribution in [3.8, 4) is 5.75 Å². The van der Waals surface area contributed by atoms with Crippen molar-refractivity contribution in [2.45, 2.75) is 13.8 Å². The molecule has 0 atom stereocenters. The quantitative estimate of drug-likeness (QED) is 0.583. The van der Waals surface area contributed by atoms with E-state index in [1.165, 1.54) is 18.6 Å². The van der Waals surface area contributed by atoms with E-state index in [1.807, 2.05) is 26.0 Å². The number of carbonyl (C=O) groups is 1. The summed E-state index contributed by atoms with van der Waals surface area (Å²) in [4.78, 5) is 28.4. The minimum absolute atomic E-state index is 0.147. The van der Waals surface area contributed by atoms with Crippen molar-refractivity contribution in [2.75, 3.05) is 5.32 Å². The second kappa shape index (κ2) is 6.82. The van der Waals surface area contributed by atoms with Gasteiger partial charge in [0.1, 0.15) is 5.75 Å². The summed E-state index contributed by atoms with van der Waals surface area (Å²) in [6, 6.07) is 8.87. The zero-order valence-electron chi connectivity index (χ0n) is 13.2. The number of ether oxygens (including phenoxy) is 1. The number of hydrogen-bond acceptors (Lipinski definition) is 7. The zero-order valence-corrected chi connectivity index (χ0v) is 13.2. The van der Waals surface area contributed by atoms with Crippen LogP contribution in [0.2, 0.25) is 0 Å². The van der Waals surface area contributed by atoms with E-state index < -0.39 is 5.97 Å². The van der Waals surface area contributed by atoms with Crippen molar-refractivity contribution in [3.05, 3.63) is 66.0 Å². The fourth-order valence-corrected chi connectivity index (χ4v) is 2.11. The molecule has 0 aliphatic rings. The monoisotopic (exact) mass is 321 g/mol. The summed E-state index contributed by atoms with van der Waals surface area (Å²) in [5, 5.41) is 3.10. The van der Waals surface area contributed by atoms with Crippen molar-refractivity contribution in [2.24, 2.45) is 0 Å². The lowest BCUT2D eigenvalue weighted by atomic mass is 10.3. The molecule has 0 unspecified atom stereocenters. The molecule has 0 bridgehead atoms. The Kier molecular flexibility index (Phi) is 4.42. The Morgan fingerprint density at radius 2 is 1.88 bits per heavy atom. The molecule has 0 aliphatic carbocycles. The first kappa shape index (κ1) is 15.5. The van der Waals surface area contributed by atoms with Crippen molar-refractivity contribution >= 4 is 17.6 Å². The molecule has 3 rings (SSSR count). The predicted octanol–water partition coefficient (Wildman–Crippen LogP) is 2.85. The van der Waals surface area contributed by atoms with E-state index in [4.69, 9.17) is 4.74 Å². The maximum absolute atomic E-state index is 12.0. The summed E-state index contributed by atoms with van der Waals surface area (Å²) in [5.41, 5.74) is 2.60. The number of nitrogens with one attached hydrogen (secondary N) is 1. The number of aryl methyl sites for hydroxylation is 2. The molecule has 1 aromatic carbocycles. The molecule has 0 saturated heterocycles. The summed E-state index contributed by atoms with van der Waals surface area (Å²) < 4.78 is 5.30. The molecule has 0 saturated carbocycles. The van der Waals surface area contributed by atoms with E-state index in [9.17, 15) is 4.79 Å². The molecular weight excluding hydrogens is 306 g/mol. The molecule has 2 aromatic heterocycles. The van der Waals surface area contributed by atoms with Crippen LogP contribution in [0.3, 0.4) is 0 Å². The number of aromatic nitrogens is 4. The van der Waals surface area contributed by atoms with E-state index in [2.05, 4.69) is 25.3 Å². The Morgan fingerprint density at radius 1 is 1.08 bits per heavy atom. The first-order valence-corrected chi connectivity index (χ1v) is 7.28. The molecule has 24 heavy (non-hydrogen) atoms. The SMILES string of the molecule is Cc1cc(C)nc(Nc2cccc(OC(=O)c3cnccn3)c2)n1. The highest BCUT2D eigenvalue weighted by Crippen LogP contribution is 2.21. The number of anilines is 2. The smallest absolute Gasteiger partial charge is 0.363 e. The molecule has 0 spiro atoms. The normalized spacial score (nSPS) is 10.2. The van der Waals surface area contributed by atoms with E-state index in [0.29, 0.717) is 17.4 Å². The van der Waals surface area contributed by atoms with Gasteiger partial charge >= 0.3 is 5.97 Å². The molecule has 0 radical (unpaired) electrons. The van der Waals surface area contributed by atoms with Gasteiger partial charge in [-0.3, -0.25) is 4.98 Å². The van der Waals surface area contributed by atoms with E-state index >= 15 is 0 Å². The van der Waals surface area contributed by atoms with Gasteiger partial charge in [-0.15, -0.1) is 0 Å². The lowest BCUT2D eigenvalue weighted by Crippen LogP contribution is -2.10. The van der Waals surface area contributed by atoms with Gasteiger partial charge in [-0.1, -0.05) is 6.07 Å². The summed E-state index contributed by atoms with van der Waals surface area (Å²) in [5.74, 6) is 0.313. The van der Waals surface area contributed by atoms with Crippen LogP contribution < -0.4 is 10.1 Å². The summed E-state index contributed by atoms with van der Waals surface area (Å²) in [6.07, 6.45) is 4.28. The molecule has 3 aromatic rings. The Bertz CT molecular complexity index is 848. The molecule has 0 amide bonds. The molecule has 7 heteroatoms. The Balaban J connectivity index is 1.75. The fraction of sp³-hybridized carbons (Fsp3) is 0.118. The molecular formula is C17H15N5O2. The summed E-state index contributed by atoms with van der Waals surface area (Å²) in [7, 11) is 0. The van der Waals surface area contributed by atoms with E-state index in [-0.39, 0.29) is 5.69 Å². The highest BCUT2D eigenvalue weighted by molar-refractivity contribution is 5.88. The van der Waals surface area contributed by atoms with Crippen LogP contribution in [0.15, 0.2) is 48.9 Å². The number of esters is 1. The van der Waals surface area contributed by atoms with Gasteiger partial charge in [0.15, 0.2) is 5.69 Å². The average molecular weight is 321 g/mol. The van der Waals surface area contributed by atoms with E-state index in [0.717, 1.165) is 11.4 Å². The van der Waals surface area contributed by atoms with Crippen molar-refractivity contribution < 1.29 is 9.53 Å². The number of nitrogens with zero attached hydrogens (tertiary/aromatic N) is 4. The van der Waals surface area contributed by atoms with Gasteiger partial charge in [0.2, 0.25) is 5.95 Å². The van der Waals surface area contributed by atoms with Crippen LogP contribution in [0.1, 0.15) is 21.9 Å². The van der Waals surface area contributed by atoms with Crippen LogP contribution in [0.25, 0.3) is 0 Å². The third-order valence-corrected chi connectivity index (χ3v) is 3.06. The number of carbonyl (C=O) groups excluding carboxylic acids is 1. The largest absolute Gasteiger partial charge is 0.422 e. The van der Waals surface area contributed by atoms with Gasteiger partial charge in [0.25, 0.3) is 0 Å². The Labute approximate surface area is 138 Å². The standard InChI is InChI=1S/C17H15N5O2/c1-11-8-12(2)21-17(20-11)22-13-4-3-5-14(9-13)24-16(23)15-10-18-6-7-19-15/h3-10H,1-2H3,(H,20,21,22). The molecule has 120 valence electrons. The zero-order chi connectivity index (χ0) is 16.9.